The van der Waals surface area contributed by atoms with E-state index in [2.05, 4.69) is 234 Å². The number of hydrogen-bond donors (Lipinski definition) is 0. The topological polar surface area (TPSA) is 6.48 Å². The Morgan fingerprint density at radius 2 is 0.949 bits per heavy atom. The van der Waals surface area contributed by atoms with Crippen LogP contribution in [0.4, 0.5) is 28.4 Å². The molecule has 3 aliphatic carbocycles. The van der Waals surface area contributed by atoms with Gasteiger partial charge in [0.2, 0.25) is 0 Å². The number of benzene rings is 9. The lowest BCUT2D eigenvalue weighted by Crippen LogP contribution is -2.36. The first kappa shape index (κ1) is 33.7. The summed E-state index contributed by atoms with van der Waals surface area (Å²) in [7, 11) is 0. The summed E-state index contributed by atoms with van der Waals surface area (Å²) >= 11 is 0. The van der Waals surface area contributed by atoms with Crippen molar-refractivity contribution in [3.8, 4) is 11.1 Å². The minimum atomic E-state index is -0.473. The van der Waals surface area contributed by atoms with Crippen LogP contribution in [0.15, 0.2) is 230 Å². The first-order valence-electron chi connectivity index (χ1n) is 20.7. The van der Waals surface area contributed by atoms with Gasteiger partial charge in [0.25, 0.3) is 0 Å². The van der Waals surface area contributed by atoms with Crippen molar-refractivity contribution in [2.24, 2.45) is 0 Å². The molecule has 59 heavy (non-hydrogen) atoms. The Kier molecular flexibility index (Phi) is 7.61. The Morgan fingerprint density at radius 3 is 1.63 bits per heavy atom. The molecule has 0 heterocycles. The highest BCUT2D eigenvalue weighted by Gasteiger charge is 2.53. The highest BCUT2D eigenvalue weighted by Crippen LogP contribution is 2.64. The van der Waals surface area contributed by atoms with Gasteiger partial charge in [0.1, 0.15) is 0 Å². The summed E-state index contributed by atoms with van der Waals surface area (Å²) in [4.78, 5) is 5.03. The fraction of sp³-hybridized carbons (Fsp3) is 0.0526. The SMILES string of the molecule is C1=CC(N(c2ccccc2)c2cccc3ccccc23)CC2=C1c1ccc(N(c3ccccc3)c3cccc4ccccc34)cc1C21c2ccccc2-c2ccccc21. The molecule has 1 spiro atoms. The smallest absolute Gasteiger partial charge is 0.0690 e. The van der Waals surface area contributed by atoms with Crippen LogP contribution in [0.1, 0.15) is 28.7 Å². The van der Waals surface area contributed by atoms with Crippen LogP contribution in [0.3, 0.4) is 0 Å². The van der Waals surface area contributed by atoms with E-state index in [0.717, 1.165) is 17.8 Å². The number of hydrogen-bond acceptors (Lipinski definition) is 2. The summed E-state index contributed by atoms with van der Waals surface area (Å²) in [5.41, 5.74) is 16.2. The van der Waals surface area contributed by atoms with E-state index in [-0.39, 0.29) is 6.04 Å². The van der Waals surface area contributed by atoms with E-state index in [0.29, 0.717) is 0 Å². The Bertz CT molecular complexity index is 3100. The number of nitrogens with zero attached hydrogens (tertiary/aromatic N) is 2. The first-order chi connectivity index (χ1) is 29.3. The van der Waals surface area contributed by atoms with Gasteiger partial charge in [-0.05, 0) is 110 Å². The van der Waals surface area contributed by atoms with Gasteiger partial charge in [-0.15, -0.1) is 0 Å². The Hall–Kier alpha value is -7.42. The summed E-state index contributed by atoms with van der Waals surface area (Å²) in [6, 6.07) is 78.4. The molecule has 278 valence electrons. The quantitative estimate of drug-likeness (QED) is 0.167. The molecule has 0 N–H and O–H groups in total. The number of rotatable bonds is 6. The van der Waals surface area contributed by atoms with Crippen molar-refractivity contribution in [2.75, 3.05) is 9.80 Å². The molecular formula is C57H40N2. The average Bonchev–Trinajstić information content (AvgIpc) is 3.77. The van der Waals surface area contributed by atoms with E-state index in [1.807, 2.05) is 0 Å². The van der Waals surface area contributed by atoms with Crippen LogP contribution in [-0.4, -0.2) is 6.04 Å². The molecule has 0 bridgehead atoms. The molecule has 2 nitrogen and oxygen atoms in total. The summed E-state index contributed by atoms with van der Waals surface area (Å²) in [5.74, 6) is 0. The standard InChI is InChI=1S/C57H40N2/c1-3-21-41(22-4-1)58(55-31-15-19-39-17-7-9-25-45(39)55)43-33-35-49-50-36-34-44(59(42-23-5-2-6-24-42)56-32-16-20-40-18-8-10-26-46(40)56)38-54(50)57(53(49)37-43)51-29-13-11-27-47(51)48-28-12-14-30-52(48)57/h1-37,44H,38H2. The molecule has 9 aromatic carbocycles. The molecule has 0 fully saturated rings. The largest absolute Gasteiger partial charge is 0.334 e. The molecule has 0 radical (unpaired) electrons. The van der Waals surface area contributed by atoms with Crippen LogP contribution < -0.4 is 9.80 Å². The Morgan fingerprint density at radius 1 is 0.407 bits per heavy atom. The van der Waals surface area contributed by atoms with E-state index < -0.39 is 5.41 Å². The normalized spacial score (nSPS) is 15.6. The van der Waals surface area contributed by atoms with Crippen LogP contribution in [0.25, 0.3) is 38.2 Å². The number of allylic oxidation sites excluding steroid dienone is 2. The fourth-order valence-corrected chi connectivity index (χ4v) is 10.6. The lowest BCUT2D eigenvalue weighted by atomic mass is 9.67. The van der Waals surface area contributed by atoms with Gasteiger partial charge in [-0.1, -0.05) is 176 Å². The van der Waals surface area contributed by atoms with Crippen LogP contribution >= 0.6 is 0 Å². The molecule has 9 aromatic rings. The molecular weight excluding hydrogens is 713 g/mol. The van der Waals surface area contributed by atoms with Gasteiger partial charge in [-0.3, -0.25) is 0 Å². The van der Waals surface area contributed by atoms with Gasteiger partial charge >= 0.3 is 0 Å². The molecule has 0 aromatic heterocycles. The van der Waals surface area contributed by atoms with Crippen LogP contribution in [0, 0.1) is 0 Å². The summed E-state index contributed by atoms with van der Waals surface area (Å²) in [6.07, 6.45) is 5.77. The van der Waals surface area contributed by atoms with E-state index in [4.69, 9.17) is 0 Å². The zero-order valence-corrected chi connectivity index (χ0v) is 32.5. The van der Waals surface area contributed by atoms with Crippen LogP contribution in [0.5, 0.6) is 0 Å². The van der Waals surface area contributed by atoms with E-state index in [1.54, 1.807) is 0 Å². The fourth-order valence-electron chi connectivity index (χ4n) is 10.6. The maximum atomic E-state index is 2.58. The number of anilines is 5. The van der Waals surface area contributed by atoms with Gasteiger partial charge in [-0.2, -0.15) is 0 Å². The maximum Gasteiger partial charge on any atom is 0.0690 e. The summed E-state index contributed by atoms with van der Waals surface area (Å²) < 4.78 is 0. The molecule has 0 saturated carbocycles. The Labute approximate surface area is 345 Å². The summed E-state index contributed by atoms with van der Waals surface area (Å²) in [5, 5.41) is 4.95. The molecule has 1 atom stereocenters. The number of fused-ring (bicyclic) bond motifs is 11. The molecule has 2 heteroatoms. The van der Waals surface area contributed by atoms with E-state index in [1.165, 1.54) is 83.1 Å². The van der Waals surface area contributed by atoms with Gasteiger partial charge in [0.05, 0.1) is 17.1 Å². The minimum Gasteiger partial charge on any atom is -0.334 e. The zero-order chi connectivity index (χ0) is 38.9. The molecule has 12 rings (SSSR count). The second-order valence-electron chi connectivity index (χ2n) is 16.0. The van der Waals surface area contributed by atoms with Crippen molar-refractivity contribution < 1.29 is 0 Å². The van der Waals surface area contributed by atoms with Gasteiger partial charge in [0.15, 0.2) is 0 Å². The second-order valence-corrected chi connectivity index (χ2v) is 16.0. The molecule has 3 aliphatic rings. The number of para-hydroxylation sites is 2. The molecule has 0 aliphatic heterocycles. The second kappa shape index (κ2) is 13.3. The van der Waals surface area contributed by atoms with Crippen molar-refractivity contribution in [3.05, 3.63) is 252 Å². The lowest BCUT2D eigenvalue weighted by Gasteiger charge is -2.39. The first-order valence-corrected chi connectivity index (χ1v) is 20.7. The zero-order valence-electron chi connectivity index (χ0n) is 32.5. The maximum absolute atomic E-state index is 2.58. The van der Waals surface area contributed by atoms with Gasteiger partial charge in [-0.25, -0.2) is 0 Å². The highest BCUT2D eigenvalue weighted by molar-refractivity contribution is 6.02. The van der Waals surface area contributed by atoms with Crippen molar-refractivity contribution in [3.63, 3.8) is 0 Å². The van der Waals surface area contributed by atoms with Crippen molar-refractivity contribution >= 4 is 55.6 Å². The third-order valence-electron chi connectivity index (χ3n) is 13.0. The van der Waals surface area contributed by atoms with E-state index >= 15 is 0 Å². The lowest BCUT2D eigenvalue weighted by molar-refractivity contribution is 0.664. The predicted molar refractivity (Wildman–Crippen MR) is 247 cm³/mol. The highest BCUT2D eigenvalue weighted by atomic mass is 15.2. The molecule has 0 amide bonds. The Balaban J connectivity index is 1.09. The summed E-state index contributed by atoms with van der Waals surface area (Å²) in [6.45, 7) is 0. The van der Waals surface area contributed by atoms with Crippen molar-refractivity contribution in [1.29, 1.82) is 0 Å². The van der Waals surface area contributed by atoms with Crippen LogP contribution in [0.2, 0.25) is 0 Å². The third-order valence-corrected chi connectivity index (χ3v) is 13.0. The molecule has 0 saturated heterocycles. The van der Waals surface area contributed by atoms with Gasteiger partial charge < -0.3 is 9.80 Å². The third kappa shape index (κ3) is 5.00. The molecule has 1 unspecified atom stereocenters. The van der Waals surface area contributed by atoms with Crippen molar-refractivity contribution in [1.82, 2.24) is 0 Å². The van der Waals surface area contributed by atoms with Gasteiger partial charge in [0, 0.05) is 33.5 Å². The van der Waals surface area contributed by atoms with Crippen LogP contribution in [-0.2, 0) is 5.41 Å². The minimum absolute atomic E-state index is 0.0732. The van der Waals surface area contributed by atoms with E-state index in [9.17, 15) is 0 Å². The van der Waals surface area contributed by atoms with Crippen molar-refractivity contribution in [2.45, 2.75) is 17.9 Å². The monoisotopic (exact) mass is 752 g/mol. The average molecular weight is 753 g/mol. The predicted octanol–water partition coefficient (Wildman–Crippen LogP) is 14.7.